The van der Waals surface area contributed by atoms with Gasteiger partial charge in [-0.25, -0.2) is 4.98 Å². The number of amides is 1. The summed E-state index contributed by atoms with van der Waals surface area (Å²) in [6.45, 7) is 6.14. The minimum Gasteiger partial charge on any atom is -0.337 e. The molecule has 2 bridgehead atoms. The Hall–Kier alpha value is -1.95. The standard InChI is InChI=1S/C18H21N3O2S/c1-3-14-17(24-11(2)19-14)18(23)20-8-12-7-13(10-20)15-5-4-6-16(22)21(15)9-12/h4-6,12-13H,3,7-10H2,1-2H3/t12-,13+/m0/s1. The number of hydrogen-bond acceptors (Lipinski definition) is 4. The Bertz CT molecular complexity index is 854. The van der Waals surface area contributed by atoms with Gasteiger partial charge in [0.15, 0.2) is 0 Å². The van der Waals surface area contributed by atoms with Crippen molar-refractivity contribution in [3.63, 3.8) is 0 Å². The number of hydrogen-bond donors (Lipinski definition) is 0. The van der Waals surface area contributed by atoms with E-state index in [9.17, 15) is 9.59 Å². The molecule has 0 aliphatic carbocycles. The van der Waals surface area contributed by atoms with E-state index in [4.69, 9.17) is 0 Å². The Labute approximate surface area is 144 Å². The highest BCUT2D eigenvalue weighted by Gasteiger charge is 2.37. The number of carbonyl (C=O) groups excluding carboxylic acids is 1. The van der Waals surface area contributed by atoms with Gasteiger partial charge in [0.2, 0.25) is 0 Å². The molecule has 0 radical (unpaired) electrons. The molecule has 0 aromatic carbocycles. The average molecular weight is 343 g/mol. The number of piperidine rings is 1. The highest BCUT2D eigenvalue weighted by Crippen LogP contribution is 2.36. The minimum atomic E-state index is 0.0772. The summed E-state index contributed by atoms with van der Waals surface area (Å²) in [5, 5.41) is 0.948. The molecule has 0 N–H and O–H groups in total. The molecule has 24 heavy (non-hydrogen) atoms. The van der Waals surface area contributed by atoms with Crippen molar-refractivity contribution >= 4 is 17.2 Å². The molecule has 5 nitrogen and oxygen atoms in total. The second kappa shape index (κ2) is 5.84. The molecule has 2 atom stereocenters. The second-order valence-corrected chi connectivity index (χ2v) is 7.97. The van der Waals surface area contributed by atoms with E-state index in [0.29, 0.717) is 12.5 Å². The van der Waals surface area contributed by atoms with Crippen LogP contribution >= 0.6 is 11.3 Å². The van der Waals surface area contributed by atoms with Crippen molar-refractivity contribution in [1.29, 1.82) is 0 Å². The van der Waals surface area contributed by atoms with Crippen LogP contribution in [-0.2, 0) is 13.0 Å². The SMILES string of the molecule is CCc1nc(C)sc1C(=O)N1C[C@@H]2C[C@H](C1)c1cccc(=O)n1C2. The zero-order chi connectivity index (χ0) is 16.8. The zero-order valence-corrected chi connectivity index (χ0v) is 14.8. The molecular weight excluding hydrogens is 322 g/mol. The Morgan fingerprint density at radius 2 is 2.17 bits per heavy atom. The molecule has 0 spiro atoms. The third-order valence-corrected chi connectivity index (χ3v) is 6.10. The van der Waals surface area contributed by atoms with E-state index in [-0.39, 0.29) is 17.4 Å². The maximum absolute atomic E-state index is 13.0. The van der Waals surface area contributed by atoms with Gasteiger partial charge in [-0.15, -0.1) is 11.3 Å². The molecule has 1 fully saturated rings. The van der Waals surface area contributed by atoms with Gasteiger partial charge in [-0.1, -0.05) is 13.0 Å². The highest BCUT2D eigenvalue weighted by molar-refractivity contribution is 7.13. The average Bonchev–Trinajstić information content (AvgIpc) is 2.96. The lowest BCUT2D eigenvalue weighted by atomic mass is 9.83. The summed E-state index contributed by atoms with van der Waals surface area (Å²) < 4.78 is 1.90. The summed E-state index contributed by atoms with van der Waals surface area (Å²) >= 11 is 1.50. The van der Waals surface area contributed by atoms with E-state index in [1.165, 1.54) is 11.3 Å². The molecule has 126 valence electrons. The quantitative estimate of drug-likeness (QED) is 0.841. The van der Waals surface area contributed by atoms with Crippen LogP contribution in [0.5, 0.6) is 0 Å². The van der Waals surface area contributed by atoms with Gasteiger partial charge < -0.3 is 9.47 Å². The third kappa shape index (κ3) is 2.49. The Morgan fingerprint density at radius 3 is 2.96 bits per heavy atom. The highest BCUT2D eigenvalue weighted by atomic mass is 32.1. The monoisotopic (exact) mass is 343 g/mol. The second-order valence-electron chi connectivity index (χ2n) is 6.77. The largest absolute Gasteiger partial charge is 0.337 e. The molecule has 2 aromatic heterocycles. The van der Waals surface area contributed by atoms with Crippen molar-refractivity contribution in [3.8, 4) is 0 Å². The van der Waals surface area contributed by atoms with Gasteiger partial charge in [0, 0.05) is 37.3 Å². The maximum atomic E-state index is 13.0. The lowest BCUT2D eigenvalue weighted by Gasteiger charge is -2.42. The van der Waals surface area contributed by atoms with Crippen LogP contribution < -0.4 is 5.56 Å². The van der Waals surface area contributed by atoms with Crippen molar-refractivity contribution in [3.05, 3.63) is 49.8 Å². The predicted molar refractivity (Wildman–Crippen MR) is 93.7 cm³/mol. The van der Waals surface area contributed by atoms with Crippen molar-refractivity contribution in [2.24, 2.45) is 5.92 Å². The fourth-order valence-corrected chi connectivity index (χ4v) is 5.06. The van der Waals surface area contributed by atoms with Gasteiger partial charge in [-0.3, -0.25) is 9.59 Å². The first kappa shape index (κ1) is 15.6. The molecular formula is C18H21N3O2S. The number of fused-ring (bicyclic) bond motifs is 4. The molecule has 0 saturated carbocycles. The van der Waals surface area contributed by atoms with Crippen LogP contribution in [0.25, 0.3) is 0 Å². The van der Waals surface area contributed by atoms with Gasteiger partial charge in [0.25, 0.3) is 11.5 Å². The first-order valence-electron chi connectivity index (χ1n) is 8.52. The predicted octanol–water partition coefficient (Wildman–Crippen LogP) is 2.44. The van der Waals surface area contributed by atoms with E-state index < -0.39 is 0 Å². The van der Waals surface area contributed by atoms with Crippen molar-refractivity contribution < 1.29 is 4.79 Å². The molecule has 4 rings (SSSR count). The number of aromatic nitrogens is 2. The molecule has 2 aliphatic heterocycles. The van der Waals surface area contributed by atoms with Crippen LogP contribution in [0.2, 0.25) is 0 Å². The lowest BCUT2D eigenvalue weighted by Crippen LogP contribution is -2.49. The number of pyridine rings is 1. The van der Waals surface area contributed by atoms with Gasteiger partial charge in [-0.05, 0) is 31.7 Å². The van der Waals surface area contributed by atoms with Gasteiger partial charge in [0.05, 0.1) is 10.7 Å². The van der Waals surface area contributed by atoms with Crippen molar-refractivity contribution in [2.75, 3.05) is 13.1 Å². The third-order valence-electron chi connectivity index (χ3n) is 5.10. The molecule has 2 aromatic rings. The smallest absolute Gasteiger partial charge is 0.265 e. The molecule has 4 heterocycles. The van der Waals surface area contributed by atoms with Crippen LogP contribution in [0.4, 0.5) is 0 Å². The number of rotatable bonds is 2. The van der Waals surface area contributed by atoms with Gasteiger partial charge >= 0.3 is 0 Å². The zero-order valence-electron chi connectivity index (χ0n) is 14.0. The lowest BCUT2D eigenvalue weighted by molar-refractivity contribution is 0.0598. The maximum Gasteiger partial charge on any atom is 0.265 e. The fourth-order valence-electron chi connectivity index (χ4n) is 4.08. The topological polar surface area (TPSA) is 55.2 Å². The number of likely N-dealkylation sites (tertiary alicyclic amines) is 1. The fraction of sp³-hybridized carbons (Fsp3) is 0.500. The van der Waals surface area contributed by atoms with Crippen LogP contribution in [0.15, 0.2) is 23.0 Å². The summed E-state index contributed by atoms with van der Waals surface area (Å²) in [4.78, 5) is 32.4. The Kier molecular flexibility index (Phi) is 3.79. The van der Waals surface area contributed by atoms with Crippen molar-refractivity contribution in [1.82, 2.24) is 14.5 Å². The summed E-state index contributed by atoms with van der Waals surface area (Å²) in [6, 6.07) is 5.49. The molecule has 6 heteroatoms. The summed E-state index contributed by atoms with van der Waals surface area (Å²) in [5.41, 5.74) is 2.07. The van der Waals surface area contributed by atoms with Crippen LogP contribution in [0, 0.1) is 12.8 Å². The molecule has 1 saturated heterocycles. The first-order chi connectivity index (χ1) is 11.6. The Balaban J connectivity index is 1.64. The molecule has 2 aliphatic rings. The van der Waals surface area contributed by atoms with Crippen LogP contribution in [0.1, 0.15) is 45.3 Å². The van der Waals surface area contributed by atoms with E-state index in [1.807, 2.05) is 35.4 Å². The molecule has 0 unspecified atom stereocenters. The molecule has 1 amide bonds. The van der Waals surface area contributed by atoms with Gasteiger partial charge in [0.1, 0.15) is 4.88 Å². The van der Waals surface area contributed by atoms with E-state index in [0.717, 1.165) is 47.2 Å². The summed E-state index contributed by atoms with van der Waals surface area (Å²) in [6.07, 6.45) is 1.85. The van der Waals surface area contributed by atoms with Gasteiger partial charge in [-0.2, -0.15) is 0 Å². The first-order valence-corrected chi connectivity index (χ1v) is 9.33. The number of nitrogens with zero attached hydrogens (tertiary/aromatic N) is 3. The van der Waals surface area contributed by atoms with E-state index >= 15 is 0 Å². The van der Waals surface area contributed by atoms with E-state index in [1.54, 1.807) is 6.07 Å². The Morgan fingerprint density at radius 1 is 1.33 bits per heavy atom. The van der Waals surface area contributed by atoms with Crippen LogP contribution in [0.3, 0.4) is 0 Å². The summed E-state index contributed by atoms with van der Waals surface area (Å²) in [7, 11) is 0. The summed E-state index contributed by atoms with van der Waals surface area (Å²) in [5.74, 6) is 0.729. The normalized spacial score (nSPS) is 22.3. The van der Waals surface area contributed by atoms with E-state index in [2.05, 4.69) is 4.98 Å². The number of aryl methyl sites for hydroxylation is 2. The minimum absolute atomic E-state index is 0.0772. The number of thiazole rings is 1. The van der Waals surface area contributed by atoms with Crippen molar-refractivity contribution in [2.45, 2.75) is 39.2 Å². The number of carbonyl (C=O) groups is 1. The van der Waals surface area contributed by atoms with Crippen LogP contribution in [-0.4, -0.2) is 33.4 Å².